The Morgan fingerprint density at radius 2 is 1.69 bits per heavy atom. The lowest BCUT2D eigenvalue weighted by molar-refractivity contribution is 0.738. The number of hydrogen-bond donors (Lipinski definition) is 0. The van der Waals surface area contributed by atoms with Gasteiger partial charge >= 0.3 is 0 Å². The van der Waals surface area contributed by atoms with Crippen molar-refractivity contribution in [3.05, 3.63) is 77.5 Å². The second kappa shape index (κ2) is 12.9. The molecule has 1 atom stereocenters. The van der Waals surface area contributed by atoms with Crippen molar-refractivity contribution in [1.82, 2.24) is 4.57 Å². The van der Waals surface area contributed by atoms with Gasteiger partial charge in [0.15, 0.2) is 0 Å². The summed E-state index contributed by atoms with van der Waals surface area (Å²) >= 11 is 0. The summed E-state index contributed by atoms with van der Waals surface area (Å²) in [4.78, 5) is 4.35. The number of rotatable bonds is 7. The highest BCUT2D eigenvalue weighted by atomic mass is 15.0. The minimum atomic E-state index is 0.815. The molecular weight excluding hydrogens is 424 g/mol. The Balaban J connectivity index is 0.000000201. The largest absolute Gasteiger partial charge is 0.314 e. The second-order valence-electron chi connectivity index (χ2n) is 10.5. The van der Waals surface area contributed by atoms with E-state index in [9.17, 15) is 0 Å². The quantitative estimate of drug-likeness (QED) is 0.306. The minimum absolute atomic E-state index is 0.815. The smallest absolute Gasteiger partial charge is 0.0567 e. The number of aromatic nitrogens is 1. The first-order chi connectivity index (χ1) is 16.9. The third-order valence-electron chi connectivity index (χ3n) is 7.11. The molecule has 188 valence electrons. The number of aliphatic imine (C=N–C) groups is 1. The van der Waals surface area contributed by atoms with Gasteiger partial charge in [0.25, 0.3) is 0 Å². The summed E-state index contributed by atoms with van der Waals surface area (Å²) in [6, 6.07) is 15.7. The zero-order valence-electron chi connectivity index (χ0n) is 23.0. The first kappa shape index (κ1) is 27.0. The van der Waals surface area contributed by atoms with E-state index in [1.54, 1.807) is 0 Å². The molecule has 2 nitrogen and oxygen atoms in total. The van der Waals surface area contributed by atoms with E-state index < -0.39 is 0 Å². The summed E-state index contributed by atoms with van der Waals surface area (Å²) in [5.41, 5.74) is 9.45. The Hall–Kier alpha value is -2.61. The van der Waals surface area contributed by atoms with Crippen LogP contribution in [0.5, 0.6) is 0 Å². The Bertz CT molecular complexity index is 1130. The van der Waals surface area contributed by atoms with Crippen molar-refractivity contribution in [1.29, 1.82) is 0 Å². The molecule has 5 rings (SSSR count). The van der Waals surface area contributed by atoms with Crippen LogP contribution in [0.25, 0.3) is 16.6 Å². The average Bonchev–Trinajstić information content (AvgIpc) is 3.78. The zero-order chi connectivity index (χ0) is 25.4. The van der Waals surface area contributed by atoms with Crippen molar-refractivity contribution in [2.45, 2.75) is 86.5 Å². The van der Waals surface area contributed by atoms with Gasteiger partial charge in [0.05, 0.1) is 12.1 Å². The van der Waals surface area contributed by atoms with E-state index in [-0.39, 0.29) is 0 Å². The van der Waals surface area contributed by atoms with Gasteiger partial charge in [-0.2, -0.15) is 0 Å². The van der Waals surface area contributed by atoms with Gasteiger partial charge in [0.1, 0.15) is 0 Å². The highest BCUT2D eigenvalue weighted by molar-refractivity contribution is 6.01. The van der Waals surface area contributed by atoms with Crippen LogP contribution in [0.4, 0.5) is 0 Å². The Morgan fingerprint density at radius 3 is 2.26 bits per heavy atom. The first-order valence-corrected chi connectivity index (χ1v) is 13.7. The van der Waals surface area contributed by atoms with Crippen LogP contribution in [0.1, 0.15) is 81.7 Å². The van der Waals surface area contributed by atoms with Crippen LogP contribution in [0.2, 0.25) is 0 Å². The van der Waals surface area contributed by atoms with Crippen molar-refractivity contribution in [2.24, 2.45) is 16.8 Å². The van der Waals surface area contributed by atoms with E-state index in [1.807, 2.05) is 6.08 Å². The molecule has 2 aromatic carbocycles. The van der Waals surface area contributed by atoms with Crippen LogP contribution in [0.3, 0.4) is 0 Å². The average molecular weight is 471 g/mol. The van der Waals surface area contributed by atoms with Crippen LogP contribution in [0.15, 0.2) is 60.1 Å². The number of hydrogen-bond acceptors (Lipinski definition) is 1. The molecule has 2 heteroatoms. The van der Waals surface area contributed by atoms with Crippen molar-refractivity contribution >= 4 is 16.6 Å². The molecule has 1 heterocycles. The van der Waals surface area contributed by atoms with Gasteiger partial charge in [0.2, 0.25) is 0 Å². The molecule has 0 N–H and O–H groups in total. The monoisotopic (exact) mass is 470 g/mol. The number of benzene rings is 2. The molecule has 35 heavy (non-hydrogen) atoms. The predicted octanol–water partition coefficient (Wildman–Crippen LogP) is 9.36. The molecule has 0 saturated heterocycles. The van der Waals surface area contributed by atoms with Crippen LogP contribution in [0, 0.1) is 32.6 Å². The third kappa shape index (κ3) is 7.69. The highest BCUT2D eigenvalue weighted by Gasteiger charge is 2.29. The molecule has 1 unspecified atom stereocenters. The fraction of sp³-hybridized carbons (Fsp3) is 0.485. The lowest BCUT2D eigenvalue weighted by Crippen LogP contribution is -1.97. The number of aryl methyl sites for hydroxylation is 3. The lowest BCUT2D eigenvalue weighted by atomic mass is 10.1. The van der Waals surface area contributed by atoms with Crippen LogP contribution >= 0.6 is 0 Å². The van der Waals surface area contributed by atoms with Gasteiger partial charge in [-0.15, -0.1) is 6.58 Å². The van der Waals surface area contributed by atoms with E-state index >= 15 is 0 Å². The molecule has 1 aromatic heterocycles. The topological polar surface area (TPSA) is 17.3 Å². The van der Waals surface area contributed by atoms with Crippen LogP contribution < -0.4 is 0 Å². The maximum absolute atomic E-state index is 4.35. The third-order valence-corrected chi connectivity index (χ3v) is 7.11. The van der Waals surface area contributed by atoms with Crippen molar-refractivity contribution < 1.29 is 0 Å². The SMILES string of the molecule is C=CCN=C1CC1CCC.CC1CC1.CCCc1ccc2c(C)c(C)n(-c3ccc(C)cc3)c2c1. The van der Waals surface area contributed by atoms with Gasteiger partial charge in [0, 0.05) is 28.4 Å². The van der Waals surface area contributed by atoms with E-state index in [4.69, 9.17) is 0 Å². The highest BCUT2D eigenvalue weighted by Crippen LogP contribution is 2.31. The fourth-order valence-corrected chi connectivity index (χ4v) is 4.45. The molecule has 2 fully saturated rings. The predicted molar refractivity (Wildman–Crippen MR) is 155 cm³/mol. The minimum Gasteiger partial charge on any atom is -0.314 e. The molecule has 3 aromatic rings. The number of fused-ring (bicyclic) bond motifs is 1. The molecule has 0 amide bonds. The summed E-state index contributed by atoms with van der Waals surface area (Å²) in [7, 11) is 0. The Labute approximate surface area is 214 Å². The van der Waals surface area contributed by atoms with Crippen molar-refractivity contribution in [3.8, 4) is 5.69 Å². The van der Waals surface area contributed by atoms with Crippen LogP contribution in [-0.4, -0.2) is 16.8 Å². The van der Waals surface area contributed by atoms with E-state index in [2.05, 4.69) is 100 Å². The van der Waals surface area contributed by atoms with Crippen molar-refractivity contribution in [2.75, 3.05) is 6.54 Å². The van der Waals surface area contributed by atoms with Gasteiger partial charge in [-0.25, -0.2) is 0 Å². The maximum Gasteiger partial charge on any atom is 0.0567 e. The molecule has 2 aliphatic carbocycles. The molecule has 0 aliphatic heterocycles. The maximum atomic E-state index is 4.35. The molecule has 0 bridgehead atoms. The Morgan fingerprint density at radius 1 is 1.00 bits per heavy atom. The fourth-order valence-electron chi connectivity index (χ4n) is 4.45. The molecule has 2 aliphatic rings. The Kier molecular flexibility index (Phi) is 9.95. The molecule has 0 spiro atoms. The summed E-state index contributed by atoms with van der Waals surface area (Å²) in [5.74, 6) is 1.92. The molecule has 2 saturated carbocycles. The summed E-state index contributed by atoms with van der Waals surface area (Å²) in [5, 5.41) is 1.37. The first-order valence-electron chi connectivity index (χ1n) is 13.7. The normalized spacial score (nSPS) is 17.4. The van der Waals surface area contributed by atoms with Gasteiger partial charge < -0.3 is 4.57 Å². The van der Waals surface area contributed by atoms with Crippen LogP contribution in [-0.2, 0) is 6.42 Å². The van der Waals surface area contributed by atoms with E-state index in [1.165, 1.54) is 83.2 Å². The van der Waals surface area contributed by atoms with Gasteiger partial charge in [-0.3, -0.25) is 4.99 Å². The summed E-state index contributed by atoms with van der Waals surface area (Å²) < 4.78 is 2.39. The van der Waals surface area contributed by atoms with E-state index in [0.29, 0.717) is 0 Å². The zero-order valence-corrected chi connectivity index (χ0v) is 23.0. The van der Waals surface area contributed by atoms with E-state index in [0.717, 1.165) is 24.8 Å². The van der Waals surface area contributed by atoms with Gasteiger partial charge in [-0.05, 0) is 75.3 Å². The summed E-state index contributed by atoms with van der Waals surface area (Å²) in [6.45, 7) is 17.8. The summed E-state index contributed by atoms with van der Waals surface area (Å²) in [6.07, 6.45) is 11.0. The van der Waals surface area contributed by atoms with Gasteiger partial charge in [-0.1, -0.05) is 82.4 Å². The standard InChI is InChI=1S/C20H23N.C9H15N.C4H8/c1-5-6-17-9-12-19-15(3)16(4)21(20(19)13-17)18-10-7-14(2)8-11-18;1-3-5-8-7-9(8)10-6-4-2;1-4-2-3-4/h7-13H,5-6H2,1-4H3;4,8H,2-3,5-7H2,1H3;4H,2-3H2,1H3. The lowest BCUT2D eigenvalue weighted by Gasteiger charge is -2.10. The number of nitrogens with zero attached hydrogens (tertiary/aromatic N) is 2. The second-order valence-corrected chi connectivity index (χ2v) is 10.5. The molecular formula is C33H46N2. The molecule has 0 radical (unpaired) electrons. The van der Waals surface area contributed by atoms with Crippen molar-refractivity contribution in [3.63, 3.8) is 0 Å².